The molecule has 0 bridgehead atoms. The summed E-state index contributed by atoms with van der Waals surface area (Å²) < 4.78 is 5.50. The number of carbonyl (C=O) groups excluding carboxylic acids is 1. The lowest BCUT2D eigenvalue weighted by molar-refractivity contribution is -0.139. The summed E-state index contributed by atoms with van der Waals surface area (Å²) in [6.07, 6.45) is 2.53. The van der Waals surface area contributed by atoms with Crippen LogP contribution in [0.15, 0.2) is 24.3 Å². The highest BCUT2D eigenvalue weighted by atomic mass is 16.5. The second kappa shape index (κ2) is 6.17. The fourth-order valence-electron chi connectivity index (χ4n) is 2.28. The molecule has 2 rings (SSSR count). The lowest BCUT2D eigenvalue weighted by Gasteiger charge is -2.21. The van der Waals surface area contributed by atoms with E-state index in [1.807, 2.05) is 31.2 Å². The minimum absolute atomic E-state index is 0.0167. The molecule has 1 fully saturated rings. The Morgan fingerprint density at radius 3 is 2.63 bits per heavy atom. The lowest BCUT2D eigenvalue weighted by atomic mass is 10.0. The van der Waals surface area contributed by atoms with Crippen molar-refractivity contribution in [2.75, 3.05) is 13.2 Å². The normalized spacial score (nSPS) is 22.4. The van der Waals surface area contributed by atoms with Gasteiger partial charge in [-0.1, -0.05) is 24.3 Å². The summed E-state index contributed by atoms with van der Waals surface area (Å²) in [4.78, 5) is 12.0. The van der Waals surface area contributed by atoms with Gasteiger partial charge in [-0.3, -0.25) is 4.79 Å². The van der Waals surface area contributed by atoms with Gasteiger partial charge in [0.15, 0.2) is 0 Å². The number of hydrogen-bond acceptors (Lipinski definition) is 3. The first-order chi connectivity index (χ1) is 9.14. The van der Waals surface area contributed by atoms with Crippen LogP contribution in [0.25, 0.3) is 0 Å². The standard InChI is InChI=1S/C15H21NO3/c1-15(8-2-10-19-15)14(18)16-9-7-12-3-5-13(11-17)6-4-12/h3-6,17H,2,7-11H2,1H3,(H,16,18). The van der Waals surface area contributed by atoms with Gasteiger partial charge in [-0.25, -0.2) is 0 Å². The van der Waals surface area contributed by atoms with Gasteiger partial charge in [-0.05, 0) is 37.3 Å². The zero-order chi connectivity index (χ0) is 13.7. The van der Waals surface area contributed by atoms with Crippen LogP contribution in [0.4, 0.5) is 0 Å². The van der Waals surface area contributed by atoms with Gasteiger partial charge >= 0.3 is 0 Å². The Labute approximate surface area is 113 Å². The number of aliphatic hydroxyl groups excluding tert-OH is 1. The van der Waals surface area contributed by atoms with Gasteiger partial charge in [0.25, 0.3) is 5.91 Å². The molecule has 19 heavy (non-hydrogen) atoms. The molecule has 1 aliphatic heterocycles. The summed E-state index contributed by atoms with van der Waals surface area (Å²) in [5.41, 5.74) is 1.41. The quantitative estimate of drug-likeness (QED) is 0.844. The van der Waals surface area contributed by atoms with Crippen molar-refractivity contribution in [1.82, 2.24) is 5.32 Å². The first-order valence-electron chi connectivity index (χ1n) is 6.75. The second-order valence-electron chi connectivity index (χ2n) is 5.16. The fourth-order valence-corrected chi connectivity index (χ4v) is 2.28. The molecule has 1 aromatic rings. The molecule has 1 amide bonds. The Bertz CT molecular complexity index is 422. The van der Waals surface area contributed by atoms with Gasteiger partial charge in [0, 0.05) is 13.2 Å². The van der Waals surface area contributed by atoms with Crippen LogP contribution in [-0.2, 0) is 22.6 Å². The van der Waals surface area contributed by atoms with E-state index in [1.54, 1.807) is 0 Å². The van der Waals surface area contributed by atoms with E-state index < -0.39 is 5.60 Å². The van der Waals surface area contributed by atoms with Crippen molar-refractivity contribution in [1.29, 1.82) is 0 Å². The van der Waals surface area contributed by atoms with E-state index in [-0.39, 0.29) is 12.5 Å². The number of rotatable bonds is 5. The molecular weight excluding hydrogens is 242 g/mol. The molecule has 4 heteroatoms. The van der Waals surface area contributed by atoms with Crippen molar-refractivity contribution in [3.05, 3.63) is 35.4 Å². The number of aliphatic hydroxyl groups is 1. The van der Waals surface area contributed by atoms with Gasteiger partial charge in [0.2, 0.25) is 0 Å². The van der Waals surface area contributed by atoms with E-state index in [2.05, 4.69) is 5.32 Å². The molecule has 1 saturated heterocycles. The molecule has 1 aromatic carbocycles. The van der Waals surface area contributed by atoms with Gasteiger partial charge in [0.1, 0.15) is 5.60 Å². The van der Waals surface area contributed by atoms with Crippen LogP contribution in [0.1, 0.15) is 30.9 Å². The molecule has 1 aliphatic rings. The molecule has 104 valence electrons. The highest BCUT2D eigenvalue weighted by molar-refractivity contribution is 5.84. The highest BCUT2D eigenvalue weighted by Crippen LogP contribution is 2.24. The van der Waals surface area contributed by atoms with Gasteiger partial charge in [0.05, 0.1) is 6.61 Å². The number of ether oxygens (including phenoxy) is 1. The molecule has 1 atom stereocenters. The zero-order valence-corrected chi connectivity index (χ0v) is 11.3. The van der Waals surface area contributed by atoms with Crippen LogP contribution < -0.4 is 5.32 Å². The van der Waals surface area contributed by atoms with Gasteiger partial charge in [-0.15, -0.1) is 0 Å². The average molecular weight is 263 g/mol. The predicted octanol–water partition coefficient (Wildman–Crippen LogP) is 1.41. The molecule has 0 radical (unpaired) electrons. The van der Waals surface area contributed by atoms with Crippen molar-refractivity contribution in [2.24, 2.45) is 0 Å². The van der Waals surface area contributed by atoms with Gasteiger partial charge < -0.3 is 15.2 Å². The SMILES string of the molecule is CC1(C(=O)NCCc2ccc(CO)cc2)CCCO1. The van der Waals surface area contributed by atoms with Crippen LogP contribution in [0.3, 0.4) is 0 Å². The maximum atomic E-state index is 12.0. The molecule has 2 N–H and O–H groups in total. The zero-order valence-electron chi connectivity index (χ0n) is 11.3. The molecule has 0 aliphatic carbocycles. The van der Waals surface area contributed by atoms with Crippen molar-refractivity contribution in [3.8, 4) is 0 Å². The fraction of sp³-hybridized carbons (Fsp3) is 0.533. The van der Waals surface area contributed by atoms with Crippen LogP contribution in [0, 0.1) is 0 Å². The molecule has 0 saturated carbocycles. The monoisotopic (exact) mass is 263 g/mol. The van der Waals surface area contributed by atoms with E-state index in [4.69, 9.17) is 9.84 Å². The number of carbonyl (C=O) groups is 1. The van der Waals surface area contributed by atoms with E-state index in [0.29, 0.717) is 13.2 Å². The smallest absolute Gasteiger partial charge is 0.251 e. The summed E-state index contributed by atoms with van der Waals surface area (Å²) in [7, 11) is 0. The summed E-state index contributed by atoms with van der Waals surface area (Å²) in [6, 6.07) is 7.76. The Morgan fingerprint density at radius 1 is 1.37 bits per heavy atom. The maximum absolute atomic E-state index is 12.0. The topological polar surface area (TPSA) is 58.6 Å². The van der Waals surface area contributed by atoms with Crippen LogP contribution >= 0.6 is 0 Å². The summed E-state index contributed by atoms with van der Waals surface area (Å²) >= 11 is 0. The molecule has 0 aromatic heterocycles. The van der Waals surface area contributed by atoms with E-state index in [0.717, 1.165) is 30.4 Å². The van der Waals surface area contributed by atoms with Crippen molar-refractivity contribution < 1.29 is 14.6 Å². The molecule has 0 spiro atoms. The second-order valence-corrected chi connectivity index (χ2v) is 5.16. The van der Waals surface area contributed by atoms with Crippen molar-refractivity contribution >= 4 is 5.91 Å². The van der Waals surface area contributed by atoms with E-state index in [9.17, 15) is 4.79 Å². The molecule has 1 unspecified atom stereocenters. The Hall–Kier alpha value is -1.39. The Balaban J connectivity index is 1.78. The Kier molecular flexibility index (Phi) is 4.56. The third-order valence-electron chi connectivity index (χ3n) is 3.60. The predicted molar refractivity (Wildman–Crippen MR) is 72.7 cm³/mol. The van der Waals surface area contributed by atoms with Crippen molar-refractivity contribution in [2.45, 2.75) is 38.4 Å². The lowest BCUT2D eigenvalue weighted by Crippen LogP contribution is -2.44. The number of hydrogen-bond donors (Lipinski definition) is 2. The summed E-state index contributed by atoms with van der Waals surface area (Å²) in [6.45, 7) is 3.20. The minimum atomic E-state index is -0.638. The van der Waals surface area contributed by atoms with Crippen LogP contribution in [0.5, 0.6) is 0 Å². The van der Waals surface area contributed by atoms with Crippen LogP contribution in [-0.4, -0.2) is 29.8 Å². The first-order valence-corrected chi connectivity index (χ1v) is 6.75. The number of benzene rings is 1. The molecule has 4 nitrogen and oxygen atoms in total. The van der Waals surface area contributed by atoms with E-state index in [1.165, 1.54) is 0 Å². The number of amides is 1. The third kappa shape index (κ3) is 3.55. The molecular formula is C15H21NO3. The largest absolute Gasteiger partial charge is 0.392 e. The third-order valence-corrected chi connectivity index (χ3v) is 3.60. The first kappa shape index (κ1) is 14.0. The molecule has 1 heterocycles. The van der Waals surface area contributed by atoms with E-state index >= 15 is 0 Å². The van der Waals surface area contributed by atoms with Gasteiger partial charge in [-0.2, -0.15) is 0 Å². The van der Waals surface area contributed by atoms with Crippen LogP contribution in [0.2, 0.25) is 0 Å². The highest BCUT2D eigenvalue weighted by Gasteiger charge is 2.37. The maximum Gasteiger partial charge on any atom is 0.251 e. The summed E-state index contributed by atoms with van der Waals surface area (Å²) in [5.74, 6) is -0.0167. The number of nitrogens with one attached hydrogen (secondary N) is 1. The summed E-state index contributed by atoms with van der Waals surface area (Å²) in [5, 5.41) is 11.9. The minimum Gasteiger partial charge on any atom is -0.392 e. The average Bonchev–Trinajstić information content (AvgIpc) is 2.88. The van der Waals surface area contributed by atoms with Crippen molar-refractivity contribution in [3.63, 3.8) is 0 Å². The Morgan fingerprint density at radius 2 is 2.05 bits per heavy atom.